The molecular formula is C12H19F3N2O4. The second kappa shape index (κ2) is 6.50. The minimum Gasteiger partial charge on any atom is -0.481 e. The zero-order chi connectivity index (χ0) is 16.3. The molecule has 2 unspecified atom stereocenters. The maximum atomic E-state index is 12.6. The Balaban J connectivity index is 2.50. The van der Waals surface area contributed by atoms with Crippen LogP contribution in [0.1, 0.15) is 26.2 Å². The van der Waals surface area contributed by atoms with E-state index in [-0.39, 0.29) is 25.9 Å². The van der Waals surface area contributed by atoms with Gasteiger partial charge in [0.15, 0.2) is 0 Å². The highest BCUT2D eigenvalue weighted by Crippen LogP contribution is 2.33. The molecule has 9 heteroatoms. The van der Waals surface area contributed by atoms with Crippen molar-refractivity contribution in [2.75, 3.05) is 19.6 Å². The number of hydrogen-bond acceptors (Lipinski definition) is 3. The van der Waals surface area contributed by atoms with Crippen molar-refractivity contribution in [2.45, 2.75) is 38.0 Å². The van der Waals surface area contributed by atoms with Crippen molar-refractivity contribution in [2.24, 2.45) is 5.92 Å². The molecule has 2 amide bonds. The fourth-order valence-electron chi connectivity index (χ4n) is 2.19. The molecule has 0 aliphatic carbocycles. The van der Waals surface area contributed by atoms with Crippen LogP contribution in [-0.2, 0) is 4.79 Å². The molecule has 3 N–H and O–H groups in total. The Morgan fingerprint density at radius 3 is 2.52 bits per heavy atom. The number of rotatable bonds is 4. The number of hydrogen-bond donors (Lipinski definition) is 3. The summed E-state index contributed by atoms with van der Waals surface area (Å²) in [6.07, 6.45) is -4.67. The number of alkyl halides is 3. The van der Waals surface area contributed by atoms with Gasteiger partial charge in [0, 0.05) is 19.6 Å². The van der Waals surface area contributed by atoms with Gasteiger partial charge in [0.05, 0.1) is 17.9 Å². The summed E-state index contributed by atoms with van der Waals surface area (Å²) < 4.78 is 37.9. The zero-order valence-corrected chi connectivity index (χ0v) is 11.6. The molecule has 0 aromatic carbocycles. The molecule has 21 heavy (non-hydrogen) atoms. The first-order valence-corrected chi connectivity index (χ1v) is 6.55. The summed E-state index contributed by atoms with van der Waals surface area (Å²) in [5.74, 6) is -2.78. The van der Waals surface area contributed by atoms with E-state index >= 15 is 0 Å². The average Bonchev–Trinajstić information content (AvgIpc) is 2.33. The molecule has 0 bridgehead atoms. The number of carbonyl (C=O) groups excluding carboxylic acids is 1. The Hall–Kier alpha value is -1.51. The van der Waals surface area contributed by atoms with Gasteiger partial charge in [-0.2, -0.15) is 13.2 Å². The SMILES string of the molecule is CC(O)(CNC(=O)N1CCCC(C(F)(F)F)C1)CC(=O)O. The first-order valence-electron chi connectivity index (χ1n) is 6.55. The number of urea groups is 1. The van der Waals surface area contributed by atoms with E-state index in [4.69, 9.17) is 5.11 Å². The molecule has 122 valence electrons. The summed E-state index contributed by atoms with van der Waals surface area (Å²) in [4.78, 5) is 23.3. The van der Waals surface area contributed by atoms with Crippen LogP contribution >= 0.6 is 0 Å². The van der Waals surface area contributed by atoms with Crippen molar-refractivity contribution in [3.05, 3.63) is 0 Å². The number of carbonyl (C=O) groups is 2. The minimum absolute atomic E-state index is 0.00991. The highest BCUT2D eigenvalue weighted by atomic mass is 19.4. The van der Waals surface area contributed by atoms with Gasteiger partial charge in [-0.25, -0.2) is 4.79 Å². The molecular weight excluding hydrogens is 293 g/mol. The van der Waals surface area contributed by atoms with Gasteiger partial charge in [0.25, 0.3) is 0 Å². The van der Waals surface area contributed by atoms with E-state index in [2.05, 4.69) is 5.32 Å². The third kappa shape index (κ3) is 5.78. The maximum Gasteiger partial charge on any atom is 0.393 e. The summed E-state index contributed by atoms with van der Waals surface area (Å²) in [5, 5.41) is 20.6. The van der Waals surface area contributed by atoms with Gasteiger partial charge >= 0.3 is 18.2 Å². The van der Waals surface area contributed by atoms with Gasteiger partial charge in [-0.05, 0) is 19.8 Å². The smallest absolute Gasteiger partial charge is 0.393 e. The lowest BCUT2D eigenvalue weighted by atomic mass is 9.98. The molecule has 0 spiro atoms. The van der Waals surface area contributed by atoms with Crippen LogP contribution in [0.25, 0.3) is 0 Å². The van der Waals surface area contributed by atoms with E-state index in [0.717, 1.165) is 4.90 Å². The summed E-state index contributed by atoms with van der Waals surface area (Å²) in [6.45, 7) is 0.678. The summed E-state index contributed by atoms with van der Waals surface area (Å²) in [5.41, 5.74) is -1.65. The topological polar surface area (TPSA) is 89.9 Å². The van der Waals surface area contributed by atoms with E-state index in [1.807, 2.05) is 0 Å². The van der Waals surface area contributed by atoms with Crippen LogP contribution in [0, 0.1) is 5.92 Å². The lowest BCUT2D eigenvalue weighted by Crippen LogP contribution is -2.51. The number of aliphatic carboxylic acids is 1. The van der Waals surface area contributed by atoms with Gasteiger partial charge in [-0.15, -0.1) is 0 Å². The molecule has 1 rings (SSSR count). The van der Waals surface area contributed by atoms with Crippen LogP contribution in [-0.4, -0.2) is 58.5 Å². The third-order valence-corrected chi connectivity index (χ3v) is 3.32. The van der Waals surface area contributed by atoms with Gasteiger partial charge < -0.3 is 20.4 Å². The molecule has 1 aliphatic rings. The summed E-state index contributed by atoms with van der Waals surface area (Å²) >= 11 is 0. The molecule has 0 aromatic heterocycles. The van der Waals surface area contributed by atoms with Crippen LogP contribution in [0.2, 0.25) is 0 Å². The predicted molar refractivity (Wildman–Crippen MR) is 66.6 cm³/mol. The second-order valence-electron chi connectivity index (χ2n) is 5.55. The number of likely N-dealkylation sites (tertiary alicyclic amines) is 1. The van der Waals surface area contributed by atoms with E-state index in [1.54, 1.807) is 0 Å². The number of amides is 2. The van der Waals surface area contributed by atoms with Gasteiger partial charge in [0.1, 0.15) is 0 Å². The molecule has 0 radical (unpaired) electrons. The molecule has 6 nitrogen and oxygen atoms in total. The number of halogens is 3. The van der Waals surface area contributed by atoms with E-state index in [1.165, 1.54) is 6.92 Å². The Morgan fingerprint density at radius 1 is 1.38 bits per heavy atom. The molecule has 2 atom stereocenters. The van der Waals surface area contributed by atoms with Gasteiger partial charge in [-0.3, -0.25) is 4.79 Å². The monoisotopic (exact) mass is 312 g/mol. The van der Waals surface area contributed by atoms with Crippen LogP contribution < -0.4 is 5.32 Å². The quantitative estimate of drug-likeness (QED) is 0.727. The first kappa shape index (κ1) is 17.5. The largest absolute Gasteiger partial charge is 0.481 e. The molecule has 1 heterocycles. The minimum atomic E-state index is -4.34. The Morgan fingerprint density at radius 2 is 2.00 bits per heavy atom. The maximum absolute atomic E-state index is 12.6. The predicted octanol–water partition coefficient (Wildman–Crippen LogP) is 1.20. The number of nitrogens with zero attached hydrogens (tertiary/aromatic N) is 1. The fourth-order valence-corrected chi connectivity index (χ4v) is 2.19. The number of nitrogens with one attached hydrogen (secondary N) is 1. The number of carboxylic acids is 1. The van der Waals surface area contributed by atoms with Crippen molar-refractivity contribution < 1.29 is 33.0 Å². The highest BCUT2D eigenvalue weighted by Gasteiger charge is 2.42. The molecule has 0 saturated carbocycles. The fraction of sp³-hybridized carbons (Fsp3) is 0.833. The van der Waals surface area contributed by atoms with E-state index < -0.39 is 42.7 Å². The Kier molecular flexibility index (Phi) is 5.43. The molecule has 0 aromatic rings. The molecule has 1 aliphatic heterocycles. The number of aliphatic hydroxyl groups is 1. The van der Waals surface area contributed by atoms with E-state index in [9.17, 15) is 27.9 Å². The first-order chi connectivity index (χ1) is 9.51. The van der Waals surface area contributed by atoms with Crippen molar-refractivity contribution in [1.29, 1.82) is 0 Å². The standard InChI is InChI=1S/C12H19F3N2O4/c1-11(21,5-9(18)19)7-16-10(20)17-4-2-3-8(6-17)12(13,14)15/h8,21H,2-7H2,1H3,(H,16,20)(H,18,19). The Bertz CT molecular complexity index is 398. The Labute approximate surface area is 119 Å². The van der Waals surface area contributed by atoms with Gasteiger partial charge in [0.2, 0.25) is 0 Å². The highest BCUT2D eigenvalue weighted by molar-refractivity contribution is 5.74. The summed E-state index contributed by atoms with van der Waals surface area (Å²) in [7, 11) is 0. The lowest BCUT2D eigenvalue weighted by molar-refractivity contribution is -0.184. The lowest BCUT2D eigenvalue weighted by Gasteiger charge is -2.34. The van der Waals surface area contributed by atoms with Crippen molar-refractivity contribution >= 4 is 12.0 Å². The van der Waals surface area contributed by atoms with Crippen LogP contribution in [0.15, 0.2) is 0 Å². The van der Waals surface area contributed by atoms with Crippen LogP contribution in [0.5, 0.6) is 0 Å². The number of carboxylic acid groups (broad SMARTS) is 1. The van der Waals surface area contributed by atoms with Crippen molar-refractivity contribution in [3.8, 4) is 0 Å². The number of piperidine rings is 1. The normalized spacial score (nSPS) is 22.5. The molecule has 1 saturated heterocycles. The van der Waals surface area contributed by atoms with E-state index in [0.29, 0.717) is 0 Å². The van der Waals surface area contributed by atoms with Crippen molar-refractivity contribution in [3.63, 3.8) is 0 Å². The third-order valence-electron chi connectivity index (χ3n) is 3.32. The zero-order valence-electron chi connectivity index (χ0n) is 11.6. The summed E-state index contributed by atoms with van der Waals surface area (Å²) in [6, 6.07) is -0.727. The van der Waals surface area contributed by atoms with Gasteiger partial charge in [-0.1, -0.05) is 0 Å². The second-order valence-corrected chi connectivity index (χ2v) is 5.55. The molecule has 1 fully saturated rings. The van der Waals surface area contributed by atoms with Crippen molar-refractivity contribution in [1.82, 2.24) is 10.2 Å². The van der Waals surface area contributed by atoms with Crippen LogP contribution in [0.4, 0.5) is 18.0 Å². The average molecular weight is 312 g/mol. The van der Waals surface area contributed by atoms with Crippen LogP contribution in [0.3, 0.4) is 0 Å².